The van der Waals surface area contributed by atoms with E-state index in [1.54, 1.807) is 22.9 Å². The number of nitrogens with zero attached hydrogens (tertiary/aromatic N) is 2. The lowest BCUT2D eigenvalue weighted by molar-refractivity contribution is 0.0691. The van der Waals surface area contributed by atoms with E-state index >= 15 is 0 Å². The van der Waals surface area contributed by atoms with Gasteiger partial charge < -0.3 is 9.84 Å². The van der Waals surface area contributed by atoms with Crippen molar-refractivity contribution in [2.75, 3.05) is 0 Å². The predicted molar refractivity (Wildman–Crippen MR) is 88.1 cm³/mol. The van der Waals surface area contributed by atoms with Gasteiger partial charge in [0.25, 0.3) is 0 Å². The maximum Gasteiger partial charge on any atom is 0.339 e. The van der Waals surface area contributed by atoms with E-state index in [0.29, 0.717) is 17.3 Å². The minimum atomic E-state index is -1.02. The highest BCUT2D eigenvalue weighted by Crippen LogP contribution is 2.25. The summed E-state index contributed by atoms with van der Waals surface area (Å²) >= 11 is 8.27. The number of ether oxygens (including phenoxy) is 1. The van der Waals surface area contributed by atoms with Crippen LogP contribution in [0.3, 0.4) is 0 Å². The highest BCUT2D eigenvalue weighted by molar-refractivity contribution is 14.1. The molecule has 0 saturated carbocycles. The van der Waals surface area contributed by atoms with E-state index in [1.165, 1.54) is 0 Å². The number of benzene rings is 1. The molecule has 1 heterocycles. The third-order valence-corrected chi connectivity index (χ3v) is 4.15. The molecule has 21 heavy (non-hydrogen) atoms. The molecule has 5 nitrogen and oxygen atoms in total. The monoisotopic (exact) mass is 420 g/mol. The molecule has 0 aliphatic carbocycles. The smallest absolute Gasteiger partial charge is 0.339 e. The summed E-state index contributed by atoms with van der Waals surface area (Å²) < 4.78 is 8.24. The molecule has 0 radical (unpaired) electrons. The summed E-state index contributed by atoms with van der Waals surface area (Å²) in [6, 6.07) is 5.02. The number of hydrogen-bond acceptors (Lipinski definition) is 3. The number of aromatic carboxylic acids is 1. The van der Waals surface area contributed by atoms with Crippen LogP contribution in [0.15, 0.2) is 18.2 Å². The molecule has 0 fully saturated rings. The van der Waals surface area contributed by atoms with Gasteiger partial charge in [0.1, 0.15) is 17.9 Å². The van der Waals surface area contributed by atoms with Crippen LogP contribution in [0, 0.1) is 10.5 Å². The van der Waals surface area contributed by atoms with E-state index in [-0.39, 0.29) is 12.2 Å². The number of aryl methyl sites for hydroxylation is 2. The molecule has 0 bridgehead atoms. The Balaban J connectivity index is 2.27. The van der Waals surface area contributed by atoms with Crippen LogP contribution in [0.5, 0.6) is 5.75 Å². The summed E-state index contributed by atoms with van der Waals surface area (Å²) in [7, 11) is 0. The van der Waals surface area contributed by atoms with Gasteiger partial charge >= 0.3 is 5.97 Å². The number of halogens is 2. The van der Waals surface area contributed by atoms with E-state index in [4.69, 9.17) is 16.3 Å². The molecule has 1 aromatic heterocycles. The number of aromatic nitrogens is 2. The van der Waals surface area contributed by atoms with Crippen LogP contribution >= 0.6 is 34.2 Å². The molecule has 1 aromatic carbocycles. The Morgan fingerprint density at radius 3 is 2.86 bits per heavy atom. The Hall–Kier alpha value is -1.28. The number of carbonyl (C=O) groups is 1. The van der Waals surface area contributed by atoms with Crippen molar-refractivity contribution in [3.63, 3.8) is 0 Å². The maximum atomic E-state index is 11.3. The molecule has 0 aliphatic heterocycles. The molecule has 2 rings (SSSR count). The topological polar surface area (TPSA) is 64.4 Å². The van der Waals surface area contributed by atoms with Gasteiger partial charge in [0.05, 0.1) is 16.4 Å². The van der Waals surface area contributed by atoms with Crippen LogP contribution < -0.4 is 4.74 Å². The average molecular weight is 421 g/mol. The minimum absolute atomic E-state index is 0.136. The normalized spacial score (nSPS) is 10.7. The molecule has 7 heteroatoms. The van der Waals surface area contributed by atoms with Crippen molar-refractivity contribution in [3.8, 4) is 5.75 Å². The van der Waals surface area contributed by atoms with Crippen LogP contribution in [0.25, 0.3) is 0 Å². The second kappa shape index (κ2) is 6.65. The summed E-state index contributed by atoms with van der Waals surface area (Å²) in [6.07, 6.45) is 0. The molecular weight excluding hydrogens is 407 g/mol. The highest BCUT2D eigenvalue weighted by atomic mass is 127. The van der Waals surface area contributed by atoms with Gasteiger partial charge in [-0.05, 0) is 54.6 Å². The van der Waals surface area contributed by atoms with E-state index in [9.17, 15) is 9.90 Å². The first-order valence-corrected chi connectivity index (χ1v) is 7.77. The molecule has 0 unspecified atom stereocenters. The summed E-state index contributed by atoms with van der Waals surface area (Å²) in [5, 5.41) is 14.1. The number of carboxylic acid groups (broad SMARTS) is 1. The predicted octanol–water partition coefficient (Wildman–Crippen LogP) is 3.75. The molecular formula is C14H14ClIN2O3. The number of carboxylic acids is 1. The van der Waals surface area contributed by atoms with Crippen LogP contribution in [0.2, 0.25) is 5.02 Å². The summed E-state index contributed by atoms with van der Waals surface area (Å²) in [5.74, 6) is -0.699. The zero-order chi connectivity index (χ0) is 15.6. The maximum absolute atomic E-state index is 11.3. The molecule has 0 atom stereocenters. The number of rotatable bonds is 5. The Bertz CT molecular complexity index is 685. The Kier molecular flexibility index (Phi) is 5.10. The molecule has 0 spiro atoms. The standard InChI is InChI=1S/C14H14ClIN2O3/c1-3-18-11(13(15)8(2)17-18)7-21-12-5-4-9(16)6-10(12)14(19)20/h4-6H,3,7H2,1-2H3,(H,19,20). The second-order valence-electron chi connectivity index (χ2n) is 4.40. The van der Waals surface area contributed by atoms with Crippen molar-refractivity contribution in [2.45, 2.75) is 27.0 Å². The van der Waals surface area contributed by atoms with E-state index in [2.05, 4.69) is 27.7 Å². The first kappa shape index (κ1) is 16.1. The largest absolute Gasteiger partial charge is 0.486 e. The van der Waals surface area contributed by atoms with E-state index in [1.807, 2.05) is 13.8 Å². The van der Waals surface area contributed by atoms with Crippen LogP contribution in [0.4, 0.5) is 0 Å². The highest BCUT2D eigenvalue weighted by Gasteiger charge is 2.16. The summed E-state index contributed by atoms with van der Waals surface area (Å²) in [4.78, 5) is 11.3. The van der Waals surface area contributed by atoms with E-state index < -0.39 is 5.97 Å². The van der Waals surface area contributed by atoms with Crippen molar-refractivity contribution in [1.82, 2.24) is 9.78 Å². The van der Waals surface area contributed by atoms with Gasteiger partial charge in [-0.1, -0.05) is 11.6 Å². The van der Waals surface area contributed by atoms with Crippen LogP contribution in [-0.2, 0) is 13.2 Å². The Morgan fingerprint density at radius 1 is 1.52 bits per heavy atom. The van der Waals surface area contributed by atoms with Gasteiger partial charge in [0.2, 0.25) is 0 Å². The average Bonchev–Trinajstić information content (AvgIpc) is 2.72. The summed E-state index contributed by atoms with van der Waals surface area (Å²) in [5.41, 5.74) is 1.61. The van der Waals surface area contributed by atoms with Crippen molar-refractivity contribution in [3.05, 3.63) is 43.7 Å². The third-order valence-electron chi connectivity index (χ3n) is 2.99. The summed E-state index contributed by atoms with van der Waals surface area (Å²) in [6.45, 7) is 4.63. The second-order valence-corrected chi connectivity index (χ2v) is 6.02. The molecule has 0 amide bonds. The van der Waals surface area contributed by atoms with Gasteiger partial charge in [-0.2, -0.15) is 5.10 Å². The first-order chi connectivity index (χ1) is 9.93. The van der Waals surface area contributed by atoms with Crippen molar-refractivity contribution in [1.29, 1.82) is 0 Å². The Labute approximate surface area is 141 Å². The lowest BCUT2D eigenvalue weighted by Crippen LogP contribution is -2.08. The van der Waals surface area contributed by atoms with Crippen molar-refractivity contribution < 1.29 is 14.6 Å². The van der Waals surface area contributed by atoms with Crippen LogP contribution in [0.1, 0.15) is 28.7 Å². The molecule has 2 aromatic rings. The molecule has 112 valence electrons. The first-order valence-electron chi connectivity index (χ1n) is 6.31. The van der Waals surface area contributed by atoms with Gasteiger partial charge in [0.15, 0.2) is 0 Å². The van der Waals surface area contributed by atoms with Gasteiger partial charge in [0, 0.05) is 10.1 Å². The quantitative estimate of drug-likeness (QED) is 0.748. The third kappa shape index (κ3) is 3.49. The van der Waals surface area contributed by atoms with Crippen LogP contribution in [-0.4, -0.2) is 20.9 Å². The molecule has 0 aliphatic rings. The molecule has 0 saturated heterocycles. The van der Waals surface area contributed by atoms with Crippen molar-refractivity contribution >= 4 is 40.2 Å². The minimum Gasteiger partial charge on any atom is -0.486 e. The fourth-order valence-electron chi connectivity index (χ4n) is 1.95. The van der Waals surface area contributed by atoms with Gasteiger partial charge in [-0.25, -0.2) is 4.79 Å². The lowest BCUT2D eigenvalue weighted by Gasteiger charge is -2.11. The van der Waals surface area contributed by atoms with E-state index in [0.717, 1.165) is 15.0 Å². The van der Waals surface area contributed by atoms with Gasteiger partial charge in [-0.15, -0.1) is 0 Å². The molecule has 1 N–H and O–H groups in total. The Morgan fingerprint density at radius 2 is 2.24 bits per heavy atom. The van der Waals surface area contributed by atoms with Gasteiger partial charge in [-0.3, -0.25) is 4.68 Å². The lowest BCUT2D eigenvalue weighted by atomic mass is 10.2. The zero-order valence-corrected chi connectivity index (χ0v) is 14.5. The SMILES string of the molecule is CCn1nc(C)c(Cl)c1COc1ccc(I)cc1C(=O)O. The fraction of sp³-hybridized carbons (Fsp3) is 0.286. The van der Waals surface area contributed by atoms with Crippen molar-refractivity contribution in [2.24, 2.45) is 0 Å². The zero-order valence-electron chi connectivity index (χ0n) is 11.6. The number of hydrogen-bond donors (Lipinski definition) is 1. The fourth-order valence-corrected chi connectivity index (χ4v) is 2.63.